The summed E-state index contributed by atoms with van der Waals surface area (Å²) in [4.78, 5) is 4.73. The number of hydrogen-bond donors (Lipinski definition) is 0. The van der Waals surface area contributed by atoms with Crippen molar-refractivity contribution in [2.24, 2.45) is 10.9 Å². The first-order valence-corrected chi connectivity index (χ1v) is 6.50. The van der Waals surface area contributed by atoms with Crippen molar-refractivity contribution in [1.29, 1.82) is 0 Å². The van der Waals surface area contributed by atoms with E-state index in [9.17, 15) is 0 Å². The molecule has 1 heteroatoms. The zero-order valence-electron chi connectivity index (χ0n) is 9.95. The highest BCUT2D eigenvalue weighted by Gasteiger charge is 2.31. The van der Waals surface area contributed by atoms with Crippen molar-refractivity contribution in [3.05, 3.63) is 29.8 Å². The molecule has 0 N–H and O–H groups in total. The summed E-state index contributed by atoms with van der Waals surface area (Å²) in [6.45, 7) is 2.21. The largest absolute Gasteiger partial charge is 0.257 e. The molecule has 0 amide bonds. The normalized spacial score (nSPS) is 25.3. The molecule has 0 aromatic heterocycles. The summed E-state index contributed by atoms with van der Waals surface area (Å²) in [5.41, 5.74) is 4.04. The quantitative estimate of drug-likeness (QED) is 0.653. The molecule has 1 heterocycles. The van der Waals surface area contributed by atoms with Crippen LogP contribution in [0, 0.1) is 5.92 Å². The third-order valence-corrected chi connectivity index (χ3v) is 4.14. The Morgan fingerprint density at radius 3 is 2.62 bits per heavy atom. The molecule has 1 unspecified atom stereocenters. The van der Waals surface area contributed by atoms with Gasteiger partial charge in [0.15, 0.2) is 0 Å². The van der Waals surface area contributed by atoms with E-state index in [-0.39, 0.29) is 0 Å². The fraction of sp³-hybridized carbons (Fsp3) is 0.533. The summed E-state index contributed by atoms with van der Waals surface area (Å²) in [6.07, 6.45) is 7.05. The number of para-hydroxylation sites is 1. The fourth-order valence-corrected chi connectivity index (χ4v) is 3.40. The number of benzene rings is 1. The van der Waals surface area contributed by atoms with Crippen molar-refractivity contribution in [3.8, 4) is 0 Å². The standard InChI is InChI=1S/C15H19N/c1-11-15(12-7-3-2-4-8-12)13-9-5-6-10-14(13)16-11/h5-6,9-10,12,15H,2-4,7-8H2,1H3. The SMILES string of the molecule is CC1=Nc2ccccc2C1C1CCCCC1. The second-order valence-electron chi connectivity index (χ2n) is 5.19. The van der Waals surface area contributed by atoms with E-state index in [4.69, 9.17) is 4.99 Å². The third-order valence-electron chi connectivity index (χ3n) is 4.14. The lowest BCUT2D eigenvalue weighted by atomic mass is 9.75. The molecular formula is C15H19N. The summed E-state index contributed by atoms with van der Waals surface area (Å²) in [5.74, 6) is 1.47. The van der Waals surface area contributed by atoms with Crippen molar-refractivity contribution in [3.63, 3.8) is 0 Å². The first kappa shape index (κ1) is 10.1. The Bertz CT molecular complexity index is 413. The summed E-state index contributed by atoms with van der Waals surface area (Å²) in [7, 11) is 0. The molecule has 16 heavy (non-hydrogen) atoms. The van der Waals surface area contributed by atoms with Gasteiger partial charge in [0.1, 0.15) is 0 Å². The lowest BCUT2D eigenvalue weighted by Gasteiger charge is -2.28. The fourth-order valence-electron chi connectivity index (χ4n) is 3.40. The van der Waals surface area contributed by atoms with E-state index < -0.39 is 0 Å². The van der Waals surface area contributed by atoms with Crippen LogP contribution in [0.2, 0.25) is 0 Å². The molecule has 1 saturated carbocycles. The molecule has 1 fully saturated rings. The molecule has 0 bridgehead atoms. The predicted molar refractivity (Wildman–Crippen MR) is 68.5 cm³/mol. The van der Waals surface area contributed by atoms with Crippen LogP contribution < -0.4 is 0 Å². The van der Waals surface area contributed by atoms with E-state index in [1.807, 2.05) is 0 Å². The third kappa shape index (κ3) is 1.59. The van der Waals surface area contributed by atoms with Gasteiger partial charge in [-0.1, -0.05) is 37.5 Å². The van der Waals surface area contributed by atoms with E-state index in [2.05, 4.69) is 31.2 Å². The van der Waals surface area contributed by atoms with Crippen LogP contribution in [-0.2, 0) is 0 Å². The molecule has 1 aliphatic carbocycles. The van der Waals surface area contributed by atoms with Crippen LogP contribution >= 0.6 is 0 Å². The first-order chi connectivity index (χ1) is 7.86. The Morgan fingerprint density at radius 1 is 1.06 bits per heavy atom. The molecular weight excluding hydrogens is 194 g/mol. The minimum Gasteiger partial charge on any atom is -0.257 e. The topological polar surface area (TPSA) is 12.4 Å². The molecule has 1 aliphatic heterocycles. The van der Waals surface area contributed by atoms with Crippen molar-refractivity contribution >= 4 is 11.4 Å². The van der Waals surface area contributed by atoms with Crippen molar-refractivity contribution < 1.29 is 0 Å². The van der Waals surface area contributed by atoms with Gasteiger partial charge in [0.05, 0.1) is 5.69 Å². The highest BCUT2D eigenvalue weighted by atomic mass is 14.8. The van der Waals surface area contributed by atoms with Crippen molar-refractivity contribution in [2.75, 3.05) is 0 Å². The average Bonchev–Trinajstić information content (AvgIpc) is 2.66. The van der Waals surface area contributed by atoms with E-state index in [0.29, 0.717) is 5.92 Å². The van der Waals surface area contributed by atoms with Gasteiger partial charge in [-0.25, -0.2) is 0 Å². The second kappa shape index (κ2) is 4.04. The molecule has 1 atom stereocenters. The van der Waals surface area contributed by atoms with Crippen LogP contribution in [0.15, 0.2) is 29.3 Å². The van der Waals surface area contributed by atoms with Crippen molar-refractivity contribution in [1.82, 2.24) is 0 Å². The molecule has 2 aliphatic rings. The van der Waals surface area contributed by atoms with Gasteiger partial charge in [0, 0.05) is 11.6 Å². The van der Waals surface area contributed by atoms with Gasteiger partial charge in [0.25, 0.3) is 0 Å². The number of fused-ring (bicyclic) bond motifs is 1. The van der Waals surface area contributed by atoms with E-state index in [1.54, 1.807) is 0 Å². The average molecular weight is 213 g/mol. The molecule has 1 aromatic rings. The highest BCUT2D eigenvalue weighted by molar-refractivity contribution is 5.96. The molecule has 3 rings (SSSR count). The minimum absolute atomic E-state index is 0.622. The van der Waals surface area contributed by atoms with Crippen LogP contribution in [-0.4, -0.2) is 5.71 Å². The van der Waals surface area contributed by atoms with Crippen LogP contribution in [0.4, 0.5) is 5.69 Å². The van der Waals surface area contributed by atoms with Gasteiger partial charge in [-0.15, -0.1) is 0 Å². The predicted octanol–water partition coefficient (Wildman–Crippen LogP) is 4.46. The van der Waals surface area contributed by atoms with E-state index in [1.165, 1.54) is 49.1 Å². The van der Waals surface area contributed by atoms with Gasteiger partial charge >= 0.3 is 0 Å². The maximum Gasteiger partial charge on any atom is 0.0667 e. The zero-order chi connectivity index (χ0) is 11.0. The Hall–Kier alpha value is -1.11. The van der Waals surface area contributed by atoms with Gasteiger partial charge < -0.3 is 0 Å². The monoisotopic (exact) mass is 213 g/mol. The van der Waals surface area contributed by atoms with Gasteiger partial charge in [-0.05, 0) is 37.3 Å². The Balaban J connectivity index is 1.93. The van der Waals surface area contributed by atoms with Gasteiger partial charge in [-0.2, -0.15) is 0 Å². The number of hydrogen-bond acceptors (Lipinski definition) is 1. The second-order valence-corrected chi connectivity index (χ2v) is 5.19. The summed E-state index contributed by atoms with van der Waals surface area (Å²) < 4.78 is 0. The van der Waals surface area contributed by atoms with E-state index >= 15 is 0 Å². The number of nitrogens with zero attached hydrogens (tertiary/aromatic N) is 1. The van der Waals surface area contributed by atoms with Gasteiger partial charge in [0.2, 0.25) is 0 Å². The molecule has 0 spiro atoms. The smallest absolute Gasteiger partial charge is 0.0667 e. The van der Waals surface area contributed by atoms with E-state index in [0.717, 1.165) is 5.92 Å². The van der Waals surface area contributed by atoms with Gasteiger partial charge in [-0.3, -0.25) is 4.99 Å². The molecule has 1 aromatic carbocycles. The summed E-state index contributed by atoms with van der Waals surface area (Å²) >= 11 is 0. The summed E-state index contributed by atoms with van der Waals surface area (Å²) in [6, 6.07) is 8.68. The van der Waals surface area contributed by atoms with Crippen LogP contribution in [0.25, 0.3) is 0 Å². The zero-order valence-corrected chi connectivity index (χ0v) is 9.95. The van der Waals surface area contributed by atoms with Crippen molar-refractivity contribution in [2.45, 2.75) is 44.9 Å². The molecule has 0 radical (unpaired) electrons. The number of aliphatic imine (C=N–C) groups is 1. The highest BCUT2D eigenvalue weighted by Crippen LogP contribution is 2.44. The lowest BCUT2D eigenvalue weighted by Crippen LogP contribution is -2.19. The Morgan fingerprint density at radius 2 is 1.81 bits per heavy atom. The molecule has 84 valence electrons. The minimum atomic E-state index is 0.622. The first-order valence-electron chi connectivity index (χ1n) is 6.50. The Kier molecular flexibility index (Phi) is 2.55. The maximum absolute atomic E-state index is 4.73. The Labute approximate surface area is 97.6 Å². The van der Waals surface area contributed by atoms with Crippen LogP contribution in [0.5, 0.6) is 0 Å². The van der Waals surface area contributed by atoms with Crippen LogP contribution in [0.3, 0.4) is 0 Å². The lowest BCUT2D eigenvalue weighted by molar-refractivity contribution is 0.343. The summed E-state index contributed by atoms with van der Waals surface area (Å²) in [5, 5.41) is 0. The number of rotatable bonds is 1. The maximum atomic E-state index is 4.73. The molecule has 1 nitrogen and oxygen atoms in total. The molecule has 0 saturated heterocycles. The van der Waals surface area contributed by atoms with Crippen LogP contribution in [0.1, 0.15) is 50.5 Å².